The minimum Gasteiger partial charge on any atom is -0.493 e. The van der Waals surface area contributed by atoms with Crippen LogP contribution in [0.15, 0.2) is 24.3 Å². The molecule has 0 aromatic heterocycles. The van der Waals surface area contributed by atoms with Gasteiger partial charge < -0.3 is 19.1 Å². The summed E-state index contributed by atoms with van der Waals surface area (Å²) in [6, 6.07) is 5.31. The molecule has 0 saturated carbocycles. The molecule has 1 heterocycles. The van der Waals surface area contributed by atoms with Crippen molar-refractivity contribution in [2.45, 2.75) is 25.7 Å². The highest BCUT2D eigenvalue weighted by molar-refractivity contribution is 5.89. The molecule has 0 radical (unpaired) electrons. The topological polar surface area (TPSA) is 65.1 Å². The first-order valence-corrected chi connectivity index (χ1v) is 8.48. The first-order valence-electron chi connectivity index (χ1n) is 8.48. The number of carbonyl (C=O) groups is 2. The highest BCUT2D eigenvalue weighted by Crippen LogP contribution is 2.27. The molecule has 0 unspecified atom stereocenters. The van der Waals surface area contributed by atoms with Crippen LogP contribution in [0.5, 0.6) is 11.5 Å². The smallest absolute Gasteiger partial charge is 0.331 e. The third-order valence-corrected chi connectivity index (χ3v) is 4.12. The normalized spacial score (nSPS) is 14.9. The van der Waals surface area contributed by atoms with Gasteiger partial charge in [-0.15, -0.1) is 0 Å². The lowest BCUT2D eigenvalue weighted by atomic mass is 10.2. The molecule has 1 fully saturated rings. The predicted molar refractivity (Wildman–Crippen MR) is 94.6 cm³/mol. The molecular formula is C19H25NO5. The minimum atomic E-state index is -0.544. The summed E-state index contributed by atoms with van der Waals surface area (Å²) in [5.74, 6) is 0.521. The van der Waals surface area contributed by atoms with Crippen molar-refractivity contribution in [1.82, 2.24) is 4.90 Å². The van der Waals surface area contributed by atoms with Crippen LogP contribution in [0.3, 0.4) is 0 Å². The number of hydrogen-bond donors (Lipinski definition) is 0. The Morgan fingerprint density at radius 2 is 1.72 bits per heavy atom. The van der Waals surface area contributed by atoms with E-state index in [1.165, 1.54) is 6.08 Å². The lowest BCUT2D eigenvalue weighted by molar-refractivity contribution is -0.148. The van der Waals surface area contributed by atoms with Gasteiger partial charge in [0.1, 0.15) is 0 Å². The molecule has 1 aliphatic rings. The van der Waals surface area contributed by atoms with Crippen molar-refractivity contribution in [3.8, 4) is 11.5 Å². The Labute approximate surface area is 148 Å². The van der Waals surface area contributed by atoms with Crippen molar-refractivity contribution in [1.29, 1.82) is 0 Å². The molecule has 0 spiro atoms. The maximum Gasteiger partial charge on any atom is 0.331 e. The molecule has 1 saturated heterocycles. The molecule has 0 bridgehead atoms. The molecular weight excluding hydrogens is 322 g/mol. The van der Waals surface area contributed by atoms with E-state index in [0.717, 1.165) is 44.3 Å². The van der Waals surface area contributed by atoms with Crippen LogP contribution < -0.4 is 9.47 Å². The fourth-order valence-corrected chi connectivity index (χ4v) is 2.71. The van der Waals surface area contributed by atoms with Gasteiger partial charge in [0.15, 0.2) is 18.1 Å². The van der Waals surface area contributed by atoms with E-state index in [2.05, 4.69) is 0 Å². The zero-order valence-electron chi connectivity index (χ0n) is 14.8. The molecule has 0 atom stereocenters. The summed E-state index contributed by atoms with van der Waals surface area (Å²) in [6.07, 6.45) is 7.24. The number of likely N-dealkylation sites (tertiary alicyclic amines) is 1. The molecule has 1 amide bonds. The highest BCUT2D eigenvalue weighted by Gasteiger charge is 2.16. The Hall–Kier alpha value is -2.50. The number of benzene rings is 1. The van der Waals surface area contributed by atoms with Crippen LogP contribution in [-0.4, -0.2) is 50.7 Å². The number of methoxy groups -OCH3 is 2. The molecule has 2 rings (SSSR count). The number of nitrogens with zero attached hydrogens (tertiary/aromatic N) is 1. The molecule has 0 aliphatic carbocycles. The molecule has 6 heteroatoms. The number of esters is 1. The largest absolute Gasteiger partial charge is 0.493 e. The van der Waals surface area contributed by atoms with Gasteiger partial charge in [0.05, 0.1) is 14.2 Å². The molecule has 1 aromatic carbocycles. The van der Waals surface area contributed by atoms with Crippen molar-refractivity contribution in [3.05, 3.63) is 29.8 Å². The Kier molecular flexibility index (Phi) is 7.32. The van der Waals surface area contributed by atoms with Gasteiger partial charge in [0, 0.05) is 19.2 Å². The van der Waals surface area contributed by atoms with Crippen molar-refractivity contribution in [2.24, 2.45) is 0 Å². The number of amides is 1. The van der Waals surface area contributed by atoms with Gasteiger partial charge in [-0.25, -0.2) is 4.79 Å². The van der Waals surface area contributed by atoms with Crippen LogP contribution in [0.25, 0.3) is 6.08 Å². The number of hydrogen-bond acceptors (Lipinski definition) is 5. The second-order valence-electron chi connectivity index (χ2n) is 5.85. The van der Waals surface area contributed by atoms with Crippen LogP contribution in [0, 0.1) is 0 Å². The second kappa shape index (κ2) is 9.71. The van der Waals surface area contributed by atoms with Gasteiger partial charge in [-0.2, -0.15) is 0 Å². The average Bonchev–Trinajstić information content (AvgIpc) is 2.93. The summed E-state index contributed by atoms with van der Waals surface area (Å²) in [6.45, 7) is 1.28. The Morgan fingerprint density at radius 1 is 1.04 bits per heavy atom. The molecule has 1 aromatic rings. The van der Waals surface area contributed by atoms with Crippen LogP contribution in [0.4, 0.5) is 0 Å². The van der Waals surface area contributed by atoms with Gasteiger partial charge in [-0.05, 0) is 36.6 Å². The second-order valence-corrected chi connectivity index (χ2v) is 5.85. The minimum absolute atomic E-state index is 0.130. The quantitative estimate of drug-likeness (QED) is 0.585. The highest BCUT2D eigenvalue weighted by atomic mass is 16.5. The maximum atomic E-state index is 12.1. The fraction of sp³-hybridized carbons (Fsp3) is 0.474. The van der Waals surface area contributed by atoms with E-state index in [4.69, 9.17) is 14.2 Å². The molecule has 0 N–H and O–H groups in total. The Bertz CT molecular complexity index is 618. The van der Waals surface area contributed by atoms with E-state index in [1.807, 2.05) is 0 Å². The van der Waals surface area contributed by atoms with Crippen molar-refractivity contribution in [3.63, 3.8) is 0 Å². The van der Waals surface area contributed by atoms with Crippen LogP contribution in [0.2, 0.25) is 0 Å². The summed E-state index contributed by atoms with van der Waals surface area (Å²) in [7, 11) is 3.11. The maximum absolute atomic E-state index is 12.1. The van der Waals surface area contributed by atoms with Crippen LogP contribution >= 0.6 is 0 Å². The monoisotopic (exact) mass is 347 g/mol. The number of ether oxygens (including phenoxy) is 3. The Morgan fingerprint density at radius 3 is 2.36 bits per heavy atom. The SMILES string of the molecule is COc1ccc(/C=C/C(=O)OCC(=O)N2CCCCCC2)cc1OC. The lowest BCUT2D eigenvalue weighted by Gasteiger charge is -2.19. The lowest BCUT2D eigenvalue weighted by Crippen LogP contribution is -2.35. The predicted octanol–water partition coefficient (Wildman–Crippen LogP) is 2.66. The van der Waals surface area contributed by atoms with Crippen molar-refractivity contribution >= 4 is 18.0 Å². The zero-order chi connectivity index (χ0) is 18.1. The number of rotatable bonds is 6. The third kappa shape index (κ3) is 5.81. The summed E-state index contributed by atoms with van der Waals surface area (Å²) < 4.78 is 15.4. The van der Waals surface area contributed by atoms with E-state index in [1.54, 1.807) is 43.4 Å². The summed E-state index contributed by atoms with van der Waals surface area (Å²) in [4.78, 5) is 25.7. The van der Waals surface area contributed by atoms with Gasteiger partial charge >= 0.3 is 5.97 Å². The average molecular weight is 347 g/mol. The van der Waals surface area contributed by atoms with Gasteiger partial charge in [0.2, 0.25) is 0 Å². The molecule has 136 valence electrons. The first kappa shape index (κ1) is 18.8. The molecule has 25 heavy (non-hydrogen) atoms. The van der Waals surface area contributed by atoms with E-state index in [-0.39, 0.29) is 12.5 Å². The standard InChI is InChI=1S/C19H25NO5/c1-23-16-9-7-15(13-17(16)24-2)8-10-19(22)25-14-18(21)20-11-5-3-4-6-12-20/h7-10,13H,3-6,11-12,14H2,1-2H3/b10-8+. The van der Waals surface area contributed by atoms with E-state index in [9.17, 15) is 9.59 Å². The number of carbonyl (C=O) groups excluding carboxylic acids is 2. The van der Waals surface area contributed by atoms with Crippen LogP contribution in [0.1, 0.15) is 31.2 Å². The van der Waals surface area contributed by atoms with E-state index < -0.39 is 5.97 Å². The molecule has 6 nitrogen and oxygen atoms in total. The van der Waals surface area contributed by atoms with Crippen molar-refractivity contribution < 1.29 is 23.8 Å². The van der Waals surface area contributed by atoms with Gasteiger partial charge in [-0.1, -0.05) is 18.9 Å². The molecule has 1 aliphatic heterocycles. The summed E-state index contributed by atoms with van der Waals surface area (Å²) in [5, 5.41) is 0. The zero-order valence-corrected chi connectivity index (χ0v) is 14.8. The fourth-order valence-electron chi connectivity index (χ4n) is 2.71. The summed E-state index contributed by atoms with van der Waals surface area (Å²) in [5.41, 5.74) is 0.772. The van der Waals surface area contributed by atoms with E-state index >= 15 is 0 Å². The first-order chi connectivity index (χ1) is 12.1. The summed E-state index contributed by atoms with van der Waals surface area (Å²) >= 11 is 0. The van der Waals surface area contributed by atoms with Gasteiger partial charge in [0.25, 0.3) is 5.91 Å². The van der Waals surface area contributed by atoms with Crippen LogP contribution in [-0.2, 0) is 14.3 Å². The van der Waals surface area contributed by atoms with E-state index in [0.29, 0.717) is 11.5 Å². The Balaban J connectivity index is 1.85. The third-order valence-electron chi connectivity index (χ3n) is 4.12. The van der Waals surface area contributed by atoms with Crippen molar-refractivity contribution in [2.75, 3.05) is 33.9 Å². The van der Waals surface area contributed by atoms with Gasteiger partial charge in [-0.3, -0.25) is 4.79 Å².